The van der Waals surface area contributed by atoms with Gasteiger partial charge >= 0.3 is 5.97 Å². The normalized spacial score (nSPS) is 12.6. The van der Waals surface area contributed by atoms with Crippen molar-refractivity contribution in [2.75, 3.05) is 7.11 Å². The Hall–Kier alpha value is -2.66. The Balaban J connectivity index is 2.05. The summed E-state index contributed by atoms with van der Waals surface area (Å²) in [6.07, 6.45) is 4.96. The van der Waals surface area contributed by atoms with Gasteiger partial charge in [0.15, 0.2) is 11.0 Å². The third-order valence-corrected chi connectivity index (χ3v) is 5.34. The van der Waals surface area contributed by atoms with E-state index in [1.165, 1.54) is 13.2 Å². The van der Waals surface area contributed by atoms with Crippen molar-refractivity contribution in [3.05, 3.63) is 71.4 Å². The average molecular weight is 353 g/mol. The molecule has 3 aromatic rings. The number of fused-ring (bicyclic) bond motifs is 1. The van der Waals surface area contributed by atoms with Gasteiger partial charge in [-0.25, -0.2) is 9.00 Å². The molecule has 1 unspecified atom stereocenters. The number of benzene rings is 2. The largest absolute Gasteiger partial charge is 0.466 e. The van der Waals surface area contributed by atoms with Crippen LogP contribution in [0.2, 0.25) is 0 Å². The van der Waals surface area contributed by atoms with Gasteiger partial charge in [0, 0.05) is 17.7 Å². The van der Waals surface area contributed by atoms with E-state index in [1.54, 1.807) is 10.0 Å². The number of methoxy groups -OCH3 is 1. The molecule has 128 valence electrons. The zero-order valence-corrected chi connectivity index (χ0v) is 15.2. The summed E-state index contributed by atoms with van der Waals surface area (Å²) in [7, 11) is 0.0119. The van der Waals surface area contributed by atoms with Crippen LogP contribution in [0.4, 0.5) is 0 Å². The lowest BCUT2D eigenvalue weighted by atomic mass is 10.1. The SMILES string of the molecule is COC(=O)/C=C/c1ccc2c(C)cn(S(=O)c3ccc(C)cc3)c2c1. The van der Waals surface area contributed by atoms with Crippen LogP contribution >= 0.6 is 0 Å². The van der Waals surface area contributed by atoms with Crippen molar-refractivity contribution in [2.45, 2.75) is 18.7 Å². The molecule has 0 aliphatic heterocycles. The molecule has 0 aliphatic carbocycles. The van der Waals surface area contributed by atoms with Crippen molar-refractivity contribution in [2.24, 2.45) is 0 Å². The number of hydrogen-bond donors (Lipinski definition) is 0. The van der Waals surface area contributed by atoms with Gasteiger partial charge in [-0.2, -0.15) is 0 Å². The van der Waals surface area contributed by atoms with E-state index in [9.17, 15) is 9.00 Å². The number of aromatic nitrogens is 1. The van der Waals surface area contributed by atoms with Crippen LogP contribution in [0.15, 0.2) is 59.6 Å². The fourth-order valence-electron chi connectivity index (χ4n) is 2.62. The third kappa shape index (κ3) is 3.56. The van der Waals surface area contributed by atoms with Crippen molar-refractivity contribution in [1.82, 2.24) is 3.97 Å². The minimum atomic E-state index is -1.33. The number of carbonyl (C=O) groups is 1. The van der Waals surface area contributed by atoms with E-state index in [4.69, 9.17) is 0 Å². The molecule has 2 aromatic carbocycles. The van der Waals surface area contributed by atoms with Crippen LogP contribution in [0.5, 0.6) is 0 Å². The molecule has 25 heavy (non-hydrogen) atoms. The molecular weight excluding hydrogens is 334 g/mol. The van der Waals surface area contributed by atoms with Crippen LogP contribution in [-0.4, -0.2) is 21.3 Å². The molecule has 0 spiro atoms. The van der Waals surface area contributed by atoms with Gasteiger partial charge in [-0.05, 0) is 49.2 Å². The number of rotatable bonds is 4. The number of nitrogens with zero attached hydrogens (tertiary/aromatic N) is 1. The molecule has 5 heteroatoms. The van der Waals surface area contributed by atoms with Gasteiger partial charge in [0.05, 0.1) is 17.5 Å². The fraction of sp³-hybridized carbons (Fsp3) is 0.150. The van der Waals surface area contributed by atoms with Crippen molar-refractivity contribution in [3.8, 4) is 0 Å². The first-order valence-electron chi connectivity index (χ1n) is 7.86. The lowest BCUT2D eigenvalue weighted by Crippen LogP contribution is -2.03. The molecule has 0 saturated heterocycles. The number of aryl methyl sites for hydroxylation is 2. The maximum absolute atomic E-state index is 13.0. The Morgan fingerprint density at radius 1 is 1.12 bits per heavy atom. The van der Waals surface area contributed by atoms with Crippen LogP contribution < -0.4 is 0 Å². The average Bonchev–Trinajstić information content (AvgIpc) is 2.96. The van der Waals surface area contributed by atoms with Crippen LogP contribution in [-0.2, 0) is 20.5 Å². The standard InChI is InChI=1S/C20H19NO3S/c1-14-4-8-17(9-5-14)25(23)21-13-15(2)18-10-6-16(12-19(18)21)7-11-20(22)24-3/h4-13H,1-3H3/b11-7+. The molecule has 1 aromatic heterocycles. The molecule has 1 heterocycles. The lowest BCUT2D eigenvalue weighted by molar-refractivity contribution is -0.134. The molecule has 0 radical (unpaired) electrons. The number of carbonyl (C=O) groups excluding carboxylic acids is 1. The zero-order chi connectivity index (χ0) is 18.0. The van der Waals surface area contributed by atoms with Crippen LogP contribution in [0.3, 0.4) is 0 Å². The van der Waals surface area contributed by atoms with E-state index < -0.39 is 17.0 Å². The summed E-state index contributed by atoms with van der Waals surface area (Å²) in [6, 6.07) is 13.5. The summed E-state index contributed by atoms with van der Waals surface area (Å²) in [5, 5.41) is 1.04. The van der Waals surface area contributed by atoms with E-state index in [-0.39, 0.29) is 0 Å². The Morgan fingerprint density at radius 2 is 1.84 bits per heavy atom. The zero-order valence-electron chi connectivity index (χ0n) is 14.4. The lowest BCUT2D eigenvalue weighted by Gasteiger charge is -2.06. The van der Waals surface area contributed by atoms with Gasteiger partial charge in [0.1, 0.15) is 0 Å². The highest BCUT2D eigenvalue weighted by molar-refractivity contribution is 7.83. The molecule has 1 atom stereocenters. The topological polar surface area (TPSA) is 48.3 Å². The quantitative estimate of drug-likeness (QED) is 0.526. The minimum absolute atomic E-state index is 0.408. The van der Waals surface area contributed by atoms with Crippen molar-refractivity contribution in [3.63, 3.8) is 0 Å². The van der Waals surface area contributed by atoms with Crippen molar-refractivity contribution < 1.29 is 13.7 Å². The summed E-state index contributed by atoms with van der Waals surface area (Å²) in [5.74, 6) is -0.408. The third-order valence-electron chi connectivity index (χ3n) is 4.01. The highest BCUT2D eigenvalue weighted by atomic mass is 32.2. The first-order chi connectivity index (χ1) is 12.0. The van der Waals surface area contributed by atoms with E-state index in [0.717, 1.165) is 32.5 Å². The van der Waals surface area contributed by atoms with Gasteiger partial charge in [-0.15, -0.1) is 0 Å². The summed E-state index contributed by atoms with van der Waals surface area (Å²) in [5.41, 5.74) is 3.89. The minimum Gasteiger partial charge on any atom is -0.466 e. The second kappa shape index (κ2) is 7.07. The highest BCUT2D eigenvalue weighted by Crippen LogP contribution is 2.25. The molecule has 0 bridgehead atoms. The Bertz CT molecular complexity index is 984. The van der Waals surface area contributed by atoms with Gasteiger partial charge < -0.3 is 4.74 Å². The van der Waals surface area contributed by atoms with Crippen molar-refractivity contribution in [1.29, 1.82) is 0 Å². The summed E-state index contributed by atoms with van der Waals surface area (Å²) in [6.45, 7) is 4.00. The molecule has 0 amide bonds. The fourth-order valence-corrected chi connectivity index (χ4v) is 3.80. The van der Waals surface area contributed by atoms with E-state index in [1.807, 2.05) is 62.5 Å². The molecule has 0 fully saturated rings. The number of esters is 1. The second-order valence-corrected chi connectivity index (χ2v) is 7.20. The first-order valence-corrected chi connectivity index (χ1v) is 8.97. The van der Waals surface area contributed by atoms with Gasteiger partial charge in [-0.3, -0.25) is 3.97 Å². The first kappa shape index (κ1) is 17.2. The van der Waals surface area contributed by atoms with E-state index >= 15 is 0 Å². The van der Waals surface area contributed by atoms with E-state index in [0.29, 0.717) is 0 Å². The maximum atomic E-state index is 13.0. The molecule has 0 N–H and O–H groups in total. The summed E-state index contributed by atoms with van der Waals surface area (Å²) in [4.78, 5) is 12.0. The molecule has 4 nitrogen and oxygen atoms in total. The number of ether oxygens (including phenoxy) is 1. The predicted molar refractivity (Wildman–Crippen MR) is 101 cm³/mol. The Kier molecular flexibility index (Phi) is 4.86. The molecule has 0 aliphatic rings. The summed E-state index contributed by atoms with van der Waals surface area (Å²) >= 11 is 0. The van der Waals surface area contributed by atoms with Gasteiger partial charge in [0.2, 0.25) is 0 Å². The maximum Gasteiger partial charge on any atom is 0.330 e. The molecular formula is C20H19NO3S. The highest BCUT2D eigenvalue weighted by Gasteiger charge is 2.12. The number of hydrogen-bond acceptors (Lipinski definition) is 3. The monoisotopic (exact) mass is 353 g/mol. The second-order valence-electron chi connectivity index (χ2n) is 5.83. The van der Waals surface area contributed by atoms with Crippen LogP contribution in [0.25, 0.3) is 17.0 Å². The van der Waals surface area contributed by atoms with E-state index in [2.05, 4.69) is 4.74 Å². The summed E-state index contributed by atoms with van der Waals surface area (Å²) < 4.78 is 19.4. The van der Waals surface area contributed by atoms with Gasteiger partial charge in [0.25, 0.3) is 0 Å². The van der Waals surface area contributed by atoms with Gasteiger partial charge in [-0.1, -0.05) is 29.8 Å². The Morgan fingerprint density at radius 3 is 2.52 bits per heavy atom. The Labute approximate surface area is 149 Å². The van der Waals surface area contributed by atoms with Crippen molar-refractivity contribution >= 4 is 33.9 Å². The van der Waals surface area contributed by atoms with Crippen LogP contribution in [0, 0.1) is 13.8 Å². The predicted octanol–water partition coefficient (Wildman–Crippen LogP) is 4.02. The molecule has 0 saturated carbocycles. The molecule has 3 rings (SSSR count). The smallest absolute Gasteiger partial charge is 0.330 e. The van der Waals surface area contributed by atoms with Crippen LogP contribution in [0.1, 0.15) is 16.7 Å².